The number of rotatable bonds is 11. The summed E-state index contributed by atoms with van der Waals surface area (Å²) in [7, 11) is 3.91. The van der Waals surface area contributed by atoms with E-state index in [4.69, 9.17) is 9.72 Å². The number of ether oxygens (including phenoxy) is 1. The van der Waals surface area contributed by atoms with Crippen molar-refractivity contribution in [2.24, 2.45) is 0 Å². The summed E-state index contributed by atoms with van der Waals surface area (Å²) in [6.07, 6.45) is 11.5. The fraction of sp³-hybridized carbons (Fsp3) is 0.308. The van der Waals surface area contributed by atoms with Gasteiger partial charge in [0.05, 0.1) is 0 Å². The van der Waals surface area contributed by atoms with Gasteiger partial charge in [-0.3, -0.25) is 24.4 Å². The molecule has 8 heteroatoms. The number of pyridine rings is 2. The second-order valence-corrected chi connectivity index (χ2v) is 13.1. The molecule has 0 aliphatic carbocycles. The predicted octanol–water partition coefficient (Wildman–Crippen LogP) is 6.14. The molecule has 0 saturated carbocycles. The Morgan fingerprint density at radius 3 is 2.47 bits per heavy atom. The first kappa shape index (κ1) is 32.0. The lowest BCUT2D eigenvalue weighted by atomic mass is 9.86. The Balaban J connectivity index is 1.12. The van der Waals surface area contributed by atoms with Crippen molar-refractivity contribution >= 4 is 23.2 Å². The molecule has 0 atom stereocenters. The van der Waals surface area contributed by atoms with E-state index in [0.29, 0.717) is 31.4 Å². The van der Waals surface area contributed by atoms with Crippen LogP contribution in [-0.2, 0) is 34.5 Å². The highest BCUT2D eigenvalue weighted by molar-refractivity contribution is 5.98. The molecule has 2 aliphatic heterocycles. The summed E-state index contributed by atoms with van der Waals surface area (Å²) >= 11 is 0. The van der Waals surface area contributed by atoms with Crippen molar-refractivity contribution in [3.8, 4) is 16.9 Å². The third-order valence-electron chi connectivity index (χ3n) is 8.64. The SMILES string of the molecule is CN(C)C/C=C/C(=O)Cc1ccc(C(=O)Cc2cncc(Cc3cc4c(cn3)-c3ccc(N5CCCC5=O)cc3OC4(C)C)c2)cc1. The van der Waals surface area contributed by atoms with Crippen molar-refractivity contribution < 1.29 is 19.1 Å². The minimum absolute atomic E-state index is 0.00516. The van der Waals surface area contributed by atoms with Crippen LogP contribution in [-0.4, -0.2) is 59.5 Å². The minimum Gasteiger partial charge on any atom is -0.482 e. The summed E-state index contributed by atoms with van der Waals surface area (Å²) in [5, 5.41) is 0. The van der Waals surface area contributed by atoms with Crippen LogP contribution in [0.5, 0.6) is 5.75 Å². The van der Waals surface area contributed by atoms with Gasteiger partial charge in [-0.2, -0.15) is 0 Å². The van der Waals surface area contributed by atoms with E-state index in [1.54, 1.807) is 24.4 Å². The van der Waals surface area contributed by atoms with Crippen LogP contribution in [0.4, 0.5) is 5.69 Å². The van der Waals surface area contributed by atoms with E-state index in [2.05, 4.69) is 11.1 Å². The number of ketones is 2. The number of fused-ring (bicyclic) bond motifs is 3. The van der Waals surface area contributed by atoms with Crippen LogP contribution in [0.25, 0.3) is 11.1 Å². The number of hydrogen-bond donors (Lipinski definition) is 0. The molecule has 0 radical (unpaired) electrons. The van der Waals surface area contributed by atoms with Crippen molar-refractivity contribution in [2.75, 3.05) is 32.1 Å². The third-order valence-corrected chi connectivity index (χ3v) is 8.64. The van der Waals surface area contributed by atoms with E-state index in [1.807, 2.05) is 92.6 Å². The average molecular weight is 629 g/mol. The Morgan fingerprint density at radius 1 is 0.936 bits per heavy atom. The quantitative estimate of drug-likeness (QED) is 0.145. The number of hydrogen-bond acceptors (Lipinski definition) is 7. The van der Waals surface area contributed by atoms with Crippen LogP contribution in [0.15, 0.2) is 85.3 Å². The highest BCUT2D eigenvalue weighted by Gasteiger charge is 2.34. The smallest absolute Gasteiger partial charge is 0.227 e. The number of likely N-dealkylation sites (N-methyl/N-ethyl adjacent to an activating group) is 1. The van der Waals surface area contributed by atoms with Gasteiger partial charge in [-0.05, 0) is 75.3 Å². The zero-order valence-corrected chi connectivity index (χ0v) is 27.5. The van der Waals surface area contributed by atoms with Crippen LogP contribution in [0.1, 0.15) is 65.0 Å². The summed E-state index contributed by atoms with van der Waals surface area (Å²) in [6, 6.07) is 17.4. The summed E-state index contributed by atoms with van der Waals surface area (Å²) in [5.41, 5.74) is 7.48. The molecule has 47 heavy (non-hydrogen) atoms. The lowest BCUT2D eigenvalue weighted by molar-refractivity contribution is -0.117. The maximum absolute atomic E-state index is 13.1. The summed E-state index contributed by atoms with van der Waals surface area (Å²) in [4.78, 5) is 50.7. The van der Waals surface area contributed by atoms with Crippen molar-refractivity contribution in [2.45, 2.75) is 51.6 Å². The minimum atomic E-state index is -0.591. The van der Waals surface area contributed by atoms with E-state index < -0.39 is 5.60 Å². The highest BCUT2D eigenvalue weighted by Crippen LogP contribution is 2.46. The molecular formula is C39H40N4O4. The standard InChI is InChI=1S/C39H40N4O4/c1-39(2)35-21-30(41-25-34(35)33-14-13-31(22-37(33)47-39)43-16-6-8-38(43)46)18-27-17-28(24-40-23-27)20-36(45)29-11-9-26(10-12-29)19-32(44)7-5-15-42(3)4/h5,7,9-14,17,21-25H,6,8,15-16,18-20H2,1-4H3/b7-5+. The maximum atomic E-state index is 13.1. The fourth-order valence-corrected chi connectivity index (χ4v) is 6.24. The van der Waals surface area contributed by atoms with Gasteiger partial charge in [-0.15, -0.1) is 0 Å². The number of nitrogens with zero attached hydrogens (tertiary/aromatic N) is 4. The Kier molecular flexibility index (Phi) is 9.14. The second-order valence-electron chi connectivity index (χ2n) is 13.1. The molecule has 4 heterocycles. The van der Waals surface area contributed by atoms with Gasteiger partial charge in [0, 0.05) is 97.1 Å². The van der Waals surface area contributed by atoms with Crippen LogP contribution < -0.4 is 9.64 Å². The average Bonchev–Trinajstić information content (AvgIpc) is 3.46. The van der Waals surface area contributed by atoms with E-state index in [9.17, 15) is 14.4 Å². The van der Waals surface area contributed by atoms with Crippen molar-refractivity contribution in [1.29, 1.82) is 0 Å². The van der Waals surface area contributed by atoms with E-state index in [0.717, 1.165) is 63.5 Å². The van der Waals surface area contributed by atoms with Gasteiger partial charge in [-0.25, -0.2) is 0 Å². The van der Waals surface area contributed by atoms with E-state index in [-0.39, 0.29) is 23.9 Å². The molecule has 2 aliphatic rings. The van der Waals surface area contributed by atoms with Crippen molar-refractivity contribution in [1.82, 2.24) is 14.9 Å². The molecule has 0 unspecified atom stereocenters. The van der Waals surface area contributed by atoms with Crippen LogP contribution in [0.3, 0.4) is 0 Å². The van der Waals surface area contributed by atoms with Crippen molar-refractivity contribution in [3.63, 3.8) is 0 Å². The van der Waals surface area contributed by atoms with E-state index >= 15 is 0 Å². The van der Waals surface area contributed by atoms with Gasteiger partial charge in [-0.1, -0.05) is 36.4 Å². The Hall–Kier alpha value is -4.95. The number of aromatic nitrogens is 2. The molecule has 240 valence electrons. The molecule has 2 aromatic carbocycles. The number of benzene rings is 2. The lowest BCUT2D eigenvalue weighted by Crippen LogP contribution is -2.30. The van der Waals surface area contributed by atoms with E-state index in [1.165, 1.54) is 0 Å². The zero-order chi connectivity index (χ0) is 33.1. The number of amides is 1. The third kappa shape index (κ3) is 7.39. The predicted molar refractivity (Wildman–Crippen MR) is 183 cm³/mol. The number of anilines is 1. The van der Waals surface area contributed by atoms with Gasteiger partial charge in [0.2, 0.25) is 5.91 Å². The molecule has 0 spiro atoms. The van der Waals surface area contributed by atoms with Crippen LogP contribution in [0.2, 0.25) is 0 Å². The molecular weight excluding hydrogens is 588 g/mol. The molecule has 1 saturated heterocycles. The summed E-state index contributed by atoms with van der Waals surface area (Å²) in [5.74, 6) is 0.937. The molecule has 2 aromatic heterocycles. The topological polar surface area (TPSA) is 92.7 Å². The number of Topliss-reactive ketones (excluding diaryl/α,β-unsaturated/α-hetero) is 1. The van der Waals surface area contributed by atoms with Crippen molar-refractivity contribution in [3.05, 3.63) is 119 Å². The number of allylic oxidation sites excluding steroid dienone is 1. The normalized spacial score (nSPS) is 15.1. The fourth-order valence-electron chi connectivity index (χ4n) is 6.24. The van der Waals surface area contributed by atoms with Gasteiger partial charge < -0.3 is 14.5 Å². The first-order valence-corrected chi connectivity index (χ1v) is 16.1. The monoisotopic (exact) mass is 628 g/mol. The summed E-state index contributed by atoms with van der Waals surface area (Å²) < 4.78 is 6.50. The lowest BCUT2D eigenvalue weighted by Gasteiger charge is -2.35. The molecule has 0 bridgehead atoms. The number of carbonyl (C=O) groups excluding carboxylic acids is 3. The van der Waals surface area contributed by atoms with Gasteiger partial charge in [0.15, 0.2) is 11.6 Å². The molecule has 6 rings (SSSR count). The molecule has 1 fully saturated rings. The largest absolute Gasteiger partial charge is 0.482 e. The maximum Gasteiger partial charge on any atom is 0.227 e. The van der Waals surface area contributed by atoms with Gasteiger partial charge in [0.25, 0.3) is 0 Å². The molecule has 8 nitrogen and oxygen atoms in total. The molecule has 1 amide bonds. The Bertz CT molecular complexity index is 1860. The Labute approximate surface area is 276 Å². The van der Waals surface area contributed by atoms with Gasteiger partial charge in [0.1, 0.15) is 11.4 Å². The second kappa shape index (κ2) is 13.4. The zero-order valence-electron chi connectivity index (χ0n) is 27.5. The number of carbonyl (C=O) groups is 3. The first-order chi connectivity index (χ1) is 22.6. The Morgan fingerprint density at radius 2 is 1.72 bits per heavy atom. The van der Waals surface area contributed by atoms with Crippen LogP contribution >= 0.6 is 0 Å². The van der Waals surface area contributed by atoms with Crippen LogP contribution in [0, 0.1) is 0 Å². The summed E-state index contributed by atoms with van der Waals surface area (Å²) in [6.45, 7) is 5.55. The highest BCUT2D eigenvalue weighted by atomic mass is 16.5. The first-order valence-electron chi connectivity index (χ1n) is 16.1. The molecule has 4 aromatic rings. The van der Waals surface area contributed by atoms with Gasteiger partial charge >= 0.3 is 0 Å². The molecule has 0 N–H and O–H groups in total.